The van der Waals surface area contributed by atoms with Crippen molar-refractivity contribution < 1.29 is 0 Å². The molecule has 2 rings (SSSR count). The third-order valence-electron chi connectivity index (χ3n) is 3.27. The van der Waals surface area contributed by atoms with E-state index in [0.29, 0.717) is 0 Å². The Bertz CT molecular complexity index is 458. The van der Waals surface area contributed by atoms with Crippen molar-refractivity contribution in [3.05, 3.63) is 69.8 Å². The van der Waals surface area contributed by atoms with E-state index in [-0.39, 0.29) is 0 Å². The van der Waals surface area contributed by atoms with Crippen molar-refractivity contribution in [2.75, 3.05) is 0 Å². The summed E-state index contributed by atoms with van der Waals surface area (Å²) in [4.78, 5) is 0. The first-order chi connectivity index (χ1) is 8.52. The molecule has 18 heavy (non-hydrogen) atoms. The van der Waals surface area contributed by atoms with E-state index in [1.807, 2.05) is 0 Å². The average molecular weight is 238 g/mol. The van der Waals surface area contributed by atoms with Gasteiger partial charge in [0.05, 0.1) is 0 Å². The number of aryl methyl sites for hydroxylation is 6. The molecule has 0 spiro atoms. The largest absolute Gasteiger partial charge is 0.0564 e. The van der Waals surface area contributed by atoms with Crippen molar-refractivity contribution in [3.8, 4) is 0 Å². The molecule has 0 heterocycles. The Hall–Kier alpha value is -1.56. The molecule has 0 aliphatic heterocycles. The molecule has 0 nitrogen and oxygen atoms in total. The Morgan fingerprint density at radius 3 is 1.06 bits per heavy atom. The van der Waals surface area contributed by atoms with Gasteiger partial charge in [0.15, 0.2) is 0 Å². The lowest BCUT2D eigenvalue weighted by atomic mass is 9.99. The predicted molar refractivity (Wildman–Crippen MR) is 79.2 cm³/mol. The van der Waals surface area contributed by atoms with Crippen molar-refractivity contribution in [1.29, 1.82) is 0 Å². The standard InChI is InChI=1S/C18H22/c1-13-7-14(2)10-17(9-13)5-6-18-11-15(3)8-16(4)12-18/h7-12H,5-6H2,1-4H3. The van der Waals surface area contributed by atoms with Crippen molar-refractivity contribution in [1.82, 2.24) is 0 Å². The van der Waals surface area contributed by atoms with Gasteiger partial charge in [0.1, 0.15) is 0 Å². The van der Waals surface area contributed by atoms with Gasteiger partial charge in [0.25, 0.3) is 0 Å². The van der Waals surface area contributed by atoms with Crippen molar-refractivity contribution in [3.63, 3.8) is 0 Å². The van der Waals surface area contributed by atoms with Crippen LogP contribution in [0.5, 0.6) is 0 Å². The highest BCUT2D eigenvalue weighted by molar-refractivity contribution is 5.32. The van der Waals surface area contributed by atoms with Crippen LogP contribution in [0.3, 0.4) is 0 Å². The molecule has 0 atom stereocenters. The van der Waals surface area contributed by atoms with Crippen molar-refractivity contribution >= 4 is 0 Å². The van der Waals surface area contributed by atoms with Gasteiger partial charge in [-0.3, -0.25) is 0 Å². The lowest BCUT2D eigenvalue weighted by molar-refractivity contribution is 0.951. The Morgan fingerprint density at radius 2 is 0.778 bits per heavy atom. The molecule has 0 bridgehead atoms. The molecule has 94 valence electrons. The van der Waals surface area contributed by atoms with E-state index in [9.17, 15) is 0 Å². The van der Waals surface area contributed by atoms with Crippen LogP contribution in [0, 0.1) is 27.7 Å². The monoisotopic (exact) mass is 238 g/mol. The first kappa shape index (κ1) is 12.9. The van der Waals surface area contributed by atoms with Crippen molar-refractivity contribution in [2.24, 2.45) is 0 Å². The average Bonchev–Trinajstić information content (AvgIpc) is 2.23. The van der Waals surface area contributed by atoms with Gasteiger partial charge in [0, 0.05) is 0 Å². The molecule has 0 amide bonds. The normalized spacial score (nSPS) is 10.7. The molecule has 0 heteroatoms. The van der Waals surface area contributed by atoms with Crippen LogP contribution in [-0.4, -0.2) is 0 Å². The summed E-state index contributed by atoms with van der Waals surface area (Å²) in [5.74, 6) is 0. The minimum Gasteiger partial charge on any atom is -0.0564 e. The van der Waals surface area contributed by atoms with E-state index >= 15 is 0 Å². The molecule has 0 aliphatic rings. The molecular weight excluding hydrogens is 216 g/mol. The van der Waals surface area contributed by atoms with Crippen LogP contribution in [0.2, 0.25) is 0 Å². The maximum Gasteiger partial charge on any atom is -0.0238 e. The van der Waals surface area contributed by atoms with Gasteiger partial charge < -0.3 is 0 Å². The second-order valence-electron chi connectivity index (χ2n) is 5.49. The second-order valence-corrected chi connectivity index (χ2v) is 5.49. The smallest absolute Gasteiger partial charge is 0.0238 e. The van der Waals surface area contributed by atoms with E-state index in [2.05, 4.69) is 64.1 Å². The highest BCUT2D eigenvalue weighted by Gasteiger charge is 2.00. The summed E-state index contributed by atoms with van der Waals surface area (Å²) in [7, 11) is 0. The SMILES string of the molecule is Cc1cc(C)cc(CCc2cc(C)cc(C)c2)c1. The third kappa shape index (κ3) is 3.46. The zero-order valence-corrected chi connectivity index (χ0v) is 11.9. The zero-order valence-electron chi connectivity index (χ0n) is 11.9. The van der Waals surface area contributed by atoms with E-state index in [0.717, 1.165) is 12.8 Å². The van der Waals surface area contributed by atoms with E-state index in [1.54, 1.807) is 0 Å². The summed E-state index contributed by atoms with van der Waals surface area (Å²) in [5.41, 5.74) is 8.37. The van der Waals surface area contributed by atoms with Gasteiger partial charge >= 0.3 is 0 Å². The summed E-state index contributed by atoms with van der Waals surface area (Å²) in [5, 5.41) is 0. The van der Waals surface area contributed by atoms with E-state index in [1.165, 1.54) is 33.4 Å². The fourth-order valence-electron chi connectivity index (χ4n) is 2.72. The summed E-state index contributed by atoms with van der Waals surface area (Å²) in [6.07, 6.45) is 2.26. The number of rotatable bonds is 3. The Morgan fingerprint density at radius 1 is 0.500 bits per heavy atom. The minimum atomic E-state index is 1.13. The van der Waals surface area contributed by atoms with Gasteiger partial charge in [0.2, 0.25) is 0 Å². The number of hydrogen-bond donors (Lipinski definition) is 0. The minimum absolute atomic E-state index is 1.13. The topological polar surface area (TPSA) is 0 Å². The maximum atomic E-state index is 2.30. The molecule has 0 saturated heterocycles. The molecule has 0 aromatic heterocycles. The lowest BCUT2D eigenvalue weighted by Crippen LogP contribution is -1.94. The second kappa shape index (κ2) is 5.39. The first-order valence-electron chi connectivity index (χ1n) is 6.67. The lowest BCUT2D eigenvalue weighted by Gasteiger charge is -2.07. The number of benzene rings is 2. The molecule has 0 aliphatic carbocycles. The molecule has 0 unspecified atom stereocenters. The highest BCUT2D eigenvalue weighted by Crippen LogP contribution is 2.14. The van der Waals surface area contributed by atoms with Crippen LogP contribution in [-0.2, 0) is 12.8 Å². The van der Waals surface area contributed by atoms with Gasteiger partial charge in [-0.15, -0.1) is 0 Å². The first-order valence-corrected chi connectivity index (χ1v) is 6.67. The van der Waals surface area contributed by atoms with Gasteiger partial charge in [-0.25, -0.2) is 0 Å². The molecule has 0 saturated carbocycles. The van der Waals surface area contributed by atoms with Crippen LogP contribution >= 0.6 is 0 Å². The van der Waals surface area contributed by atoms with Gasteiger partial charge in [-0.2, -0.15) is 0 Å². The quantitative estimate of drug-likeness (QED) is 0.726. The van der Waals surface area contributed by atoms with E-state index < -0.39 is 0 Å². The third-order valence-corrected chi connectivity index (χ3v) is 3.27. The van der Waals surface area contributed by atoms with Crippen LogP contribution in [0.4, 0.5) is 0 Å². The zero-order chi connectivity index (χ0) is 13.1. The Labute approximate surface area is 111 Å². The summed E-state index contributed by atoms with van der Waals surface area (Å²) in [6.45, 7) is 8.70. The fraction of sp³-hybridized carbons (Fsp3) is 0.333. The summed E-state index contributed by atoms with van der Waals surface area (Å²) >= 11 is 0. The number of hydrogen-bond acceptors (Lipinski definition) is 0. The summed E-state index contributed by atoms with van der Waals surface area (Å²) < 4.78 is 0. The molecule has 2 aromatic carbocycles. The van der Waals surface area contributed by atoms with Crippen molar-refractivity contribution in [2.45, 2.75) is 40.5 Å². The molecule has 0 N–H and O–H groups in total. The molecule has 2 aromatic rings. The van der Waals surface area contributed by atoms with Crippen LogP contribution < -0.4 is 0 Å². The van der Waals surface area contributed by atoms with E-state index in [4.69, 9.17) is 0 Å². The Kier molecular flexibility index (Phi) is 3.86. The molecule has 0 radical (unpaired) electrons. The highest BCUT2D eigenvalue weighted by atomic mass is 14.1. The molecular formula is C18H22. The Balaban J connectivity index is 2.11. The van der Waals surface area contributed by atoms with Gasteiger partial charge in [-0.05, 0) is 51.7 Å². The van der Waals surface area contributed by atoms with Crippen LogP contribution in [0.25, 0.3) is 0 Å². The van der Waals surface area contributed by atoms with Crippen LogP contribution in [0.15, 0.2) is 36.4 Å². The predicted octanol–water partition coefficient (Wildman–Crippen LogP) is 4.71. The maximum absolute atomic E-state index is 2.30. The van der Waals surface area contributed by atoms with Crippen LogP contribution in [0.1, 0.15) is 33.4 Å². The molecule has 0 fully saturated rings. The fourth-order valence-corrected chi connectivity index (χ4v) is 2.72. The van der Waals surface area contributed by atoms with Gasteiger partial charge in [-0.1, -0.05) is 58.7 Å². The summed E-state index contributed by atoms with van der Waals surface area (Å²) in [6, 6.07) is 13.7.